The van der Waals surface area contributed by atoms with Crippen LogP contribution in [0, 0.1) is 5.92 Å². The maximum atomic E-state index is 6.19. The number of halogens is 2. The molecular weight excluding hydrogens is 281 g/mol. The van der Waals surface area contributed by atoms with Crippen LogP contribution in [0.15, 0.2) is 23.8 Å². The van der Waals surface area contributed by atoms with Gasteiger partial charge in [0.15, 0.2) is 0 Å². The summed E-state index contributed by atoms with van der Waals surface area (Å²) in [7, 11) is 1.70. The summed E-state index contributed by atoms with van der Waals surface area (Å²) >= 11 is 12.2. The molecule has 2 nitrogen and oxygen atoms in total. The number of ether oxygens (including phenoxy) is 1. The van der Waals surface area contributed by atoms with Gasteiger partial charge in [-0.15, -0.1) is 0 Å². The number of rotatable bonds is 7. The molecule has 0 radical (unpaired) electrons. The van der Waals surface area contributed by atoms with Crippen LogP contribution in [0.25, 0.3) is 6.08 Å². The minimum atomic E-state index is 0.449. The molecule has 0 saturated carbocycles. The van der Waals surface area contributed by atoms with Crippen molar-refractivity contribution in [1.82, 2.24) is 5.32 Å². The van der Waals surface area contributed by atoms with Gasteiger partial charge in [0.2, 0.25) is 0 Å². The van der Waals surface area contributed by atoms with E-state index in [-0.39, 0.29) is 0 Å². The molecule has 1 rings (SSSR count). The van der Waals surface area contributed by atoms with Crippen LogP contribution in [0.2, 0.25) is 10.0 Å². The normalized spacial score (nSPS) is 12.2. The highest BCUT2D eigenvalue weighted by atomic mass is 35.5. The first kappa shape index (κ1) is 16.5. The molecule has 0 atom stereocenters. The molecule has 1 N–H and O–H groups in total. The highest BCUT2D eigenvalue weighted by molar-refractivity contribution is 6.34. The predicted octanol–water partition coefficient (Wildman–Crippen LogP) is 4.27. The molecule has 0 heterocycles. The van der Waals surface area contributed by atoms with Crippen molar-refractivity contribution in [3.8, 4) is 0 Å². The summed E-state index contributed by atoms with van der Waals surface area (Å²) in [4.78, 5) is 0. The van der Waals surface area contributed by atoms with Crippen LogP contribution in [0.3, 0.4) is 0 Å². The van der Waals surface area contributed by atoms with Crippen molar-refractivity contribution < 1.29 is 4.74 Å². The van der Waals surface area contributed by atoms with Crippen LogP contribution in [-0.2, 0) is 4.74 Å². The van der Waals surface area contributed by atoms with E-state index < -0.39 is 0 Å². The van der Waals surface area contributed by atoms with Crippen molar-refractivity contribution in [2.24, 2.45) is 5.92 Å². The SMILES string of the molecule is COCCNC/C(=C/c1cc(Cl)ccc1Cl)C(C)C. The molecule has 0 saturated heterocycles. The lowest BCUT2D eigenvalue weighted by Crippen LogP contribution is -2.23. The summed E-state index contributed by atoms with van der Waals surface area (Å²) in [6.07, 6.45) is 2.11. The number of hydrogen-bond acceptors (Lipinski definition) is 2. The maximum Gasteiger partial charge on any atom is 0.0587 e. The Morgan fingerprint density at radius 2 is 2.11 bits per heavy atom. The first-order valence-corrected chi connectivity index (χ1v) is 7.15. The van der Waals surface area contributed by atoms with Gasteiger partial charge in [-0.05, 0) is 29.7 Å². The minimum Gasteiger partial charge on any atom is -0.383 e. The third kappa shape index (κ3) is 5.96. The molecule has 0 amide bonds. The molecule has 0 aliphatic heterocycles. The molecule has 0 unspecified atom stereocenters. The summed E-state index contributed by atoms with van der Waals surface area (Å²) in [5, 5.41) is 4.77. The fraction of sp³-hybridized carbons (Fsp3) is 0.467. The highest BCUT2D eigenvalue weighted by Gasteiger charge is 2.06. The van der Waals surface area contributed by atoms with Gasteiger partial charge in [0.25, 0.3) is 0 Å². The second-order valence-electron chi connectivity index (χ2n) is 4.71. The highest BCUT2D eigenvalue weighted by Crippen LogP contribution is 2.24. The third-order valence-electron chi connectivity index (χ3n) is 2.85. The van der Waals surface area contributed by atoms with E-state index in [1.54, 1.807) is 13.2 Å². The Balaban J connectivity index is 2.79. The van der Waals surface area contributed by atoms with E-state index in [1.165, 1.54) is 5.57 Å². The zero-order valence-corrected chi connectivity index (χ0v) is 13.2. The number of benzene rings is 1. The Kier molecular flexibility index (Phi) is 7.47. The minimum absolute atomic E-state index is 0.449. The molecule has 0 aromatic heterocycles. The van der Waals surface area contributed by atoms with Gasteiger partial charge in [0, 0.05) is 30.2 Å². The van der Waals surface area contributed by atoms with Crippen LogP contribution in [-0.4, -0.2) is 26.8 Å². The van der Waals surface area contributed by atoms with Gasteiger partial charge < -0.3 is 10.1 Å². The first-order valence-electron chi connectivity index (χ1n) is 6.39. The molecule has 0 bridgehead atoms. The summed E-state index contributed by atoms with van der Waals surface area (Å²) in [6, 6.07) is 5.51. The first-order chi connectivity index (χ1) is 9.04. The molecule has 106 valence electrons. The van der Waals surface area contributed by atoms with Crippen LogP contribution >= 0.6 is 23.2 Å². The predicted molar refractivity (Wildman–Crippen MR) is 84.0 cm³/mol. The molecule has 0 aliphatic carbocycles. The van der Waals surface area contributed by atoms with Crippen LogP contribution in [0.5, 0.6) is 0 Å². The quantitative estimate of drug-likeness (QED) is 0.760. The standard InChI is InChI=1S/C15H21Cl2NO/c1-11(2)13(10-18-6-7-19-3)8-12-9-14(16)4-5-15(12)17/h4-5,8-9,11,18H,6-7,10H2,1-3H3/b13-8-. The largest absolute Gasteiger partial charge is 0.383 e. The number of nitrogens with one attached hydrogen (secondary N) is 1. The Morgan fingerprint density at radius 1 is 1.37 bits per heavy atom. The topological polar surface area (TPSA) is 21.3 Å². The van der Waals surface area contributed by atoms with Gasteiger partial charge in [0.1, 0.15) is 0 Å². The third-order valence-corrected chi connectivity index (χ3v) is 3.43. The summed E-state index contributed by atoms with van der Waals surface area (Å²) < 4.78 is 5.02. The molecule has 19 heavy (non-hydrogen) atoms. The Hall–Kier alpha value is -0.540. The van der Waals surface area contributed by atoms with E-state index in [2.05, 4.69) is 25.2 Å². The van der Waals surface area contributed by atoms with Crippen molar-refractivity contribution in [3.63, 3.8) is 0 Å². The Morgan fingerprint density at radius 3 is 2.74 bits per heavy atom. The van der Waals surface area contributed by atoms with Gasteiger partial charge in [-0.25, -0.2) is 0 Å². The lowest BCUT2D eigenvalue weighted by atomic mass is 10.00. The smallest absolute Gasteiger partial charge is 0.0587 e. The summed E-state index contributed by atoms with van der Waals surface area (Å²) in [5.74, 6) is 0.449. The van der Waals surface area contributed by atoms with E-state index in [0.717, 1.165) is 23.7 Å². The van der Waals surface area contributed by atoms with Gasteiger partial charge >= 0.3 is 0 Å². The van der Waals surface area contributed by atoms with E-state index in [4.69, 9.17) is 27.9 Å². The monoisotopic (exact) mass is 301 g/mol. The van der Waals surface area contributed by atoms with E-state index in [9.17, 15) is 0 Å². The molecule has 0 fully saturated rings. The molecule has 4 heteroatoms. The average molecular weight is 302 g/mol. The summed E-state index contributed by atoms with van der Waals surface area (Å²) in [6.45, 7) is 6.71. The molecule has 0 spiro atoms. The van der Waals surface area contributed by atoms with Crippen molar-refractivity contribution in [2.75, 3.05) is 26.8 Å². The Labute approximate surface area is 125 Å². The maximum absolute atomic E-state index is 6.19. The summed E-state index contributed by atoms with van der Waals surface area (Å²) in [5.41, 5.74) is 2.26. The van der Waals surface area contributed by atoms with E-state index >= 15 is 0 Å². The molecule has 0 aliphatic rings. The molecular formula is C15H21Cl2NO. The fourth-order valence-corrected chi connectivity index (χ4v) is 2.01. The Bertz CT molecular complexity index is 430. The lowest BCUT2D eigenvalue weighted by molar-refractivity contribution is 0.200. The van der Waals surface area contributed by atoms with Crippen LogP contribution in [0.4, 0.5) is 0 Å². The van der Waals surface area contributed by atoms with Crippen molar-refractivity contribution >= 4 is 29.3 Å². The molecule has 1 aromatic carbocycles. The lowest BCUT2D eigenvalue weighted by Gasteiger charge is -2.13. The van der Waals surface area contributed by atoms with Crippen LogP contribution < -0.4 is 5.32 Å². The van der Waals surface area contributed by atoms with Crippen molar-refractivity contribution in [1.29, 1.82) is 0 Å². The number of methoxy groups -OCH3 is 1. The van der Waals surface area contributed by atoms with Crippen LogP contribution in [0.1, 0.15) is 19.4 Å². The second kappa shape index (κ2) is 8.60. The van der Waals surface area contributed by atoms with Gasteiger partial charge in [-0.1, -0.05) is 48.7 Å². The van der Waals surface area contributed by atoms with Crippen molar-refractivity contribution in [2.45, 2.75) is 13.8 Å². The fourth-order valence-electron chi connectivity index (χ4n) is 1.65. The molecule has 1 aromatic rings. The van der Waals surface area contributed by atoms with Crippen molar-refractivity contribution in [3.05, 3.63) is 39.4 Å². The zero-order chi connectivity index (χ0) is 14.3. The van der Waals surface area contributed by atoms with Gasteiger partial charge in [-0.2, -0.15) is 0 Å². The van der Waals surface area contributed by atoms with E-state index in [0.29, 0.717) is 17.5 Å². The zero-order valence-electron chi connectivity index (χ0n) is 11.7. The van der Waals surface area contributed by atoms with Gasteiger partial charge in [0.05, 0.1) is 6.61 Å². The average Bonchev–Trinajstić information content (AvgIpc) is 2.37. The van der Waals surface area contributed by atoms with Gasteiger partial charge in [-0.3, -0.25) is 0 Å². The second-order valence-corrected chi connectivity index (χ2v) is 5.55. The van der Waals surface area contributed by atoms with E-state index in [1.807, 2.05) is 12.1 Å². The number of hydrogen-bond donors (Lipinski definition) is 1.